The van der Waals surface area contributed by atoms with E-state index in [9.17, 15) is 25.3 Å². The van der Waals surface area contributed by atoms with Gasteiger partial charge < -0.3 is 9.84 Å². The monoisotopic (exact) mass is 494 g/mol. The number of phenolic OH excluding ortho intramolecular Hbond substituents is 1. The lowest BCUT2D eigenvalue weighted by Gasteiger charge is -2.12. The van der Waals surface area contributed by atoms with E-state index in [0.717, 1.165) is 31.4 Å². The average Bonchev–Trinajstić information content (AvgIpc) is 2.87. The van der Waals surface area contributed by atoms with Gasteiger partial charge in [-0.05, 0) is 30.7 Å². The standard InChI is InChI=1S/C26H30N4O6/c1-2-3-4-5-6-7-8-9-17-36-25-12-10-11-20-24(31)16-15-22(26(20)25)28-27-21-14-13-19(29(32)33)18-23(21)30(34)35/h10-16,18,31H,2-9,17H2,1H3. The minimum atomic E-state index is -0.741. The third kappa shape index (κ3) is 6.97. The molecular weight excluding hydrogens is 464 g/mol. The van der Waals surface area contributed by atoms with E-state index in [2.05, 4.69) is 17.2 Å². The Hall–Kier alpha value is -4.08. The van der Waals surface area contributed by atoms with Crippen LogP contribution >= 0.6 is 0 Å². The number of phenols is 1. The number of non-ortho nitro benzene ring substituents is 1. The topological polar surface area (TPSA) is 140 Å². The number of azo groups is 1. The van der Waals surface area contributed by atoms with E-state index in [1.54, 1.807) is 24.3 Å². The zero-order chi connectivity index (χ0) is 25.9. The predicted molar refractivity (Wildman–Crippen MR) is 138 cm³/mol. The van der Waals surface area contributed by atoms with Gasteiger partial charge in [-0.2, -0.15) is 0 Å². The summed E-state index contributed by atoms with van der Waals surface area (Å²) in [5.41, 5.74) is -0.708. The molecule has 190 valence electrons. The van der Waals surface area contributed by atoms with Gasteiger partial charge in [-0.15, -0.1) is 10.2 Å². The van der Waals surface area contributed by atoms with Crippen molar-refractivity contribution in [2.24, 2.45) is 10.2 Å². The third-order valence-corrected chi connectivity index (χ3v) is 5.84. The summed E-state index contributed by atoms with van der Waals surface area (Å²) >= 11 is 0. The molecule has 1 N–H and O–H groups in total. The molecule has 0 atom stereocenters. The van der Waals surface area contributed by atoms with Crippen molar-refractivity contribution < 1.29 is 19.7 Å². The Bertz CT molecular complexity index is 1240. The molecule has 36 heavy (non-hydrogen) atoms. The summed E-state index contributed by atoms with van der Waals surface area (Å²) in [7, 11) is 0. The van der Waals surface area contributed by atoms with Crippen LogP contribution in [0.4, 0.5) is 22.7 Å². The number of aromatic hydroxyl groups is 1. The van der Waals surface area contributed by atoms with E-state index in [1.807, 2.05) is 0 Å². The molecule has 3 rings (SSSR count). The number of nitro groups is 2. The van der Waals surface area contributed by atoms with E-state index >= 15 is 0 Å². The van der Waals surface area contributed by atoms with Crippen molar-refractivity contribution in [2.75, 3.05) is 6.61 Å². The summed E-state index contributed by atoms with van der Waals surface area (Å²) < 4.78 is 6.02. The average molecular weight is 495 g/mol. The summed E-state index contributed by atoms with van der Waals surface area (Å²) in [4.78, 5) is 20.9. The van der Waals surface area contributed by atoms with Crippen LogP contribution in [0.5, 0.6) is 11.5 Å². The molecule has 0 aromatic heterocycles. The van der Waals surface area contributed by atoms with Crippen LogP contribution in [0.2, 0.25) is 0 Å². The van der Waals surface area contributed by atoms with Crippen molar-refractivity contribution in [3.63, 3.8) is 0 Å². The molecule has 0 radical (unpaired) electrons. The zero-order valence-electron chi connectivity index (χ0n) is 20.3. The van der Waals surface area contributed by atoms with Crippen molar-refractivity contribution in [1.29, 1.82) is 0 Å². The summed E-state index contributed by atoms with van der Waals surface area (Å²) in [5, 5.41) is 41.9. The molecule has 0 saturated heterocycles. The fourth-order valence-corrected chi connectivity index (χ4v) is 3.93. The van der Waals surface area contributed by atoms with Crippen LogP contribution in [0.15, 0.2) is 58.8 Å². The van der Waals surface area contributed by atoms with Crippen LogP contribution in [-0.4, -0.2) is 21.6 Å². The highest BCUT2D eigenvalue weighted by Gasteiger charge is 2.20. The molecule has 0 unspecified atom stereocenters. The largest absolute Gasteiger partial charge is 0.507 e. The molecule has 3 aromatic carbocycles. The number of ether oxygens (including phenoxy) is 1. The second-order valence-electron chi connectivity index (χ2n) is 8.49. The van der Waals surface area contributed by atoms with Gasteiger partial charge in [0.15, 0.2) is 5.69 Å². The van der Waals surface area contributed by atoms with Crippen LogP contribution < -0.4 is 4.74 Å². The van der Waals surface area contributed by atoms with Gasteiger partial charge in [0.05, 0.1) is 33.6 Å². The van der Waals surface area contributed by atoms with E-state index < -0.39 is 21.2 Å². The molecular formula is C26H30N4O6. The minimum Gasteiger partial charge on any atom is -0.507 e. The lowest BCUT2D eigenvalue weighted by molar-refractivity contribution is -0.393. The SMILES string of the molecule is CCCCCCCCCCOc1cccc2c(O)ccc(N=Nc3ccc([N+](=O)[O-])cc3[N+](=O)[O-])c12. The highest BCUT2D eigenvalue weighted by molar-refractivity contribution is 6.01. The van der Waals surface area contributed by atoms with Crippen molar-refractivity contribution in [3.8, 4) is 11.5 Å². The molecule has 0 aliphatic heterocycles. The molecule has 0 fully saturated rings. The van der Waals surface area contributed by atoms with E-state index in [4.69, 9.17) is 4.74 Å². The Kier molecular flexibility index (Phi) is 9.67. The summed E-state index contributed by atoms with van der Waals surface area (Å²) in [6.45, 7) is 2.71. The van der Waals surface area contributed by atoms with Crippen molar-refractivity contribution in [2.45, 2.75) is 58.3 Å². The first kappa shape index (κ1) is 26.5. The molecule has 3 aromatic rings. The van der Waals surface area contributed by atoms with Crippen molar-refractivity contribution in [3.05, 3.63) is 68.8 Å². The second-order valence-corrected chi connectivity index (χ2v) is 8.49. The van der Waals surface area contributed by atoms with Gasteiger partial charge in [0.25, 0.3) is 5.69 Å². The number of unbranched alkanes of at least 4 members (excludes halogenated alkanes) is 7. The van der Waals surface area contributed by atoms with Gasteiger partial charge >= 0.3 is 5.69 Å². The number of rotatable bonds is 14. The van der Waals surface area contributed by atoms with E-state index in [1.165, 1.54) is 44.2 Å². The van der Waals surface area contributed by atoms with Gasteiger partial charge in [-0.1, -0.05) is 64.0 Å². The quantitative estimate of drug-likeness (QED) is 0.103. The maximum Gasteiger partial charge on any atom is 0.303 e. The lowest BCUT2D eigenvalue weighted by Crippen LogP contribution is -1.98. The van der Waals surface area contributed by atoms with Crippen molar-refractivity contribution >= 4 is 33.5 Å². The molecule has 0 aliphatic carbocycles. The Morgan fingerprint density at radius 3 is 2.19 bits per heavy atom. The molecule has 0 amide bonds. The van der Waals surface area contributed by atoms with Crippen LogP contribution in [0.3, 0.4) is 0 Å². The van der Waals surface area contributed by atoms with Crippen LogP contribution in [0, 0.1) is 20.2 Å². The van der Waals surface area contributed by atoms with Gasteiger partial charge in [0, 0.05) is 11.5 Å². The summed E-state index contributed by atoms with van der Waals surface area (Å²) in [6.07, 6.45) is 9.42. The van der Waals surface area contributed by atoms with Crippen LogP contribution in [0.1, 0.15) is 58.3 Å². The maximum atomic E-state index is 11.4. The first-order chi connectivity index (χ1) is 17.4. The highest BCUT2D eigenvalue weighted by atomic mass is 16.6. The molecule has 0 saturated carbocycles. The Morgan fingerprint density at radius 1 is 0.833 bits per heavy atom. The number of nitro benzene ring substituents is 2. The molecule has 10 heteroatoms. The van der Waals surface area contributed by atoms with Gasteiger partial charge in [0.2, 0.25) is 0 Å². The Morgan fingerprint density at radius 2 is 1.50 bits per heavy atom. The minimum absolute atomic E-state index is 0.0443. The summed E-state index contributed by atoms with van der Waals surface area (Å²) in [5.74, 6) is 0.571. The molecule has 0 heterocycles. The number of benzene rings is 3. The first-order valence-corrected chi connectivity index (χ1v) is 12.1. The smallest absolute Gasteiger partial charge is 0.303 e. The van der Waals surface area contributed by atoms with Crippen LogP contribution in [0.25, 0.3) is 10.8 Å². The molecule has 10 nitrogen and oxygen atoms in total. The number of hydrogen-bond acceptors (Lipinski definition) is 8. The van der Waals surface area contributed by atoms with Crippen molar-refractivity contribution in [1.82, 2.24) is 0 Å². The fraction of sp³-hybridized carbons (Fsp3) is 0.385. The highest BCUT2D eigenvalue weighted by Crippen LogP contribution is 2.40. The van der Waals surface area contributed by atoms with E-state index in [0.29, 0.717) is 28.8 Å². The number of fused-ring (bicyclic) bond motifs is 1. The molecule has 0 spiro atoms. The lowest BCUT2D eigenvalue weighted by atomic mass is 10.1. The predicted octanol–water partition coefficient (Wildman–Crippen LogP) is 8.30. The number of hydrogen-bond donors (Lipinski definition) is 1. The first-order valence-electron chi connectivity index (χ1n) is 12.1. The number of nitrogens with zero attached hydrogens (tertiary/aromatic N) is 4. The van der Waals surface area contributed by atoms with Crippen LogP contribution in [-0.2, 0) is 0 Å². The maximum absolute atomic E-state index is 11.4. The fourth-order valence-electron chi connectivity index (χ4n) is 3.93. The van der Waals surface area contributed by atoms with Gasteiger partial charge in [0.1, 0.15) is 11.5 Å². The molecule has 0 aliphatic rings. The normalized spacial score (nSPS) is 11.2. The van der Waals surface area contributed by atoms with Gasteiger partial charge in [-0.3, -0.25) is 20.2 Å². The molecule has 0 bridgehead atoms. The summed E-state index contributed by atoms with van der Waals surface area (Å²) in [6, 6.07) is 11.4. The third-order valence-electron chi connectivity index (χ3n) is 5.84. The van der Waals surface area contributed by atoms with Gasteiger partial charge in [-0.25, -0.2) is 0 Å². The van der Waals surface area contributed by atoms with E-state index in [-0.39, 0.29) is 11.4 Å². The Balaban J connectivity index is 1.78. The zero-order valence-corrected chi connectivity index (χ0v) is 20.3. The Labute approximate surface area is 208 Å². The second kappa shape index (κ2) is 13.1.